The number of rotatable bonds is 4. The third-order valence-electron chi connectivity index (χ3n) is 13.1. The lowest BCUT2D eigenvalue weighted by molar-refractivity contribution is 0.573. The Morgan fingerprint density at radius 3 is 2.42 bits per heavy atom. The number of para-hydroxylation sites is 1. The van der Waals surface area contributed by atoms with Crippen molar-refractivity contribution in [2.24, 2.45) is 0 Å². The Balaban J connectivity index is 1.23. The van der Waals surface area contributed by atoms with Gasteiger partial charge in [-0.2, -0.15) is 15.8 Å². The molecule has 0 saturated heterocycles. The molecule has 6 aliphatic rings. The van der Waals surface area contributed by atoms with Crippen LogP contribution in [0.1, 0.15) is 76.6 Å². The summed E-state index contributed by atoms with van der Waals surface area (Å²) in [6.07, 6.45) is 31.9. The van der Waals surface area contributed by atoms with Gasteiger partial charge in [-0.05, 0) is 85.2 Å². The van der Waals surface area contributed by atoms with Crippen molar-refractivity contribution in [3.63, 3.8) is 0 Å². The molecule has 6 nitrogen and oxygen atoms in total. The molecule has 5 atom stereocenters. The number of anilines is 3. The first kappa shape index (κ1) is 33.3. The maximum absolute atomic E-state index is 11.0. The summed E-state index contributed by atoms with van der Waals surface area (Å²) in [5.41, 5.74) is 13.1. The van der Waals surface area contributed by atoms with Crippen LogP contribution in [-0.2, 0) is 6.42 Å². The molecule has 0 saturated carbocycles. The van der Waals surface area contributed by atoms with E-state index in [0.29, 0.717) is 22.4 Å². The Kier molecular flexibility index (Phi) is 7.60. The van der Waals surface area contributed by atoms with E-state index in [9.17, 15) is 15.8 Å². The quantitative estimate of drug-likeness (QED) is 0.172. The normalized spacial score (nSPS) is 23.1. The van der Waals surface area contributed by atoms with Crippen molar-refractivity contribution in [1.82, 2.24) is 4.57 Å². The molecule has 6 heteroatoms. The average molecular weight is 735 g/mol. The summed E-state index contributed by atoms with van der Waals surface area (Å²) >= 11 is 0. The molecule has 4 unspecified atom stereocenters. The molecule has 5 aromatic rings. The zero-order chi connectivity index (χ0) is 38.2. The van der Waals surface area contributed by atoms with Gasteiger partial charge < -0.3 is 14.4 Å². The zero-order valence-electron chi connectivity index (χ0n) is 31.4. The first-order valence-corrected chi connectivity index (χ1v) is 20.1. The van der Waals surface area contributed by atoms with E-state index in [2.05, 4.69) is 148 Å². The Labute approximate surface area is 332 Å². The Morgan fingerprint density at radius 1 is 0.667 bits per heavy atom. The van der Waals surface area contributed by atoms with Crippen LogP contribution in [-0.4, -0.2) is 22.7 Å². The van der Waals surface area contributed by atoms with E-state index < -0.39 is 0 Å². The molecule has 57 heavy (non-hydrogen) atoms. The van der Waals surface area contributed by atoms with Crippen molar-refractivity contribution in [3.8, 4) is 35.0 Å². The highest BCUT2D eigenvalue weighted by molar-refractivity contribution is 6.04. The number of benzene rings is 4. The second kappa shape index (κ2) is 13.0. The van der Waals surface area contributed by atoms with E-state index >= 15 is 0 Å². The number of aromatic nitrogens is 1. The lowest BCUT2D eigenvalue weighted by atomic mass is 9.86. The van der Waals surface area contributed by atoms with Crippen molar-refractivity contribution >= 4 is 34.0 Å². The van der Waals surface area contributed by atoms with E-state index in [-0.39, 0.29) is 30.0 Å². The van der Waals surface area contributed by atoms with Gasteiger partial charge in [0.25, 0.3) is 0 Å². The third kappa shape index (κ3) is 4.79. The van der Waals surface area contributed by atoms with Crippen LogP contribution in [0.5, 0.6) is 0 Å². The molecule has 1 aromatic heterocycles. The predicted molar refractivity (Wildman–Crippen MR) is 228 cm³/mol. The molecule has 11 rings (SSSR count). The maximum atomic E-state index is 11.0. The summed E-state index contributed by atoms with van der Waals surface area (Å²) in [4.78, 5) is 4.96. The van der Waals surface area contributed by atoms with E-state index in [4.69, 9.17) is 0 Å². The second-order valence-corrected chi connectivity index (χ2v) is 15.8. The zero-order valence-corrected chi connectivity index (χ0v) is 31.4. The minimum Gasteiger partial charge on any atom is -0.355 e. The largest absolute Gasteiger partial charge is 0.355 e. The van der Waals surface area contributed by atoms with Crippen LogP contribution < -0.4 is 9.80 Å². The van der Waals surface area contributed by atoms with Crippen LogP contribution in [0.2, 0.25) is 0 Å². The number of hydrogen-bond acceptors (Lipinski definition) is 5. The van der Waals surface area contributed by atoms with Gasteiger partial charge in [0.2, 0.25) is 0 Å². The number of aryl methyl sites for hydroxylation is 1. The van der Waals surface area contributed by atoms with Crippen molar-refractivity contribution in [1.29, 1.82) is 15.8 Å². The van der Waals surface area contributed by atoms with Gasteiger partial charge in [-0.1, -0.05) is 103 Å². The van der Waals surface area contributed by atoms with E-state index in [1.807, 2.05) is 18.2 Å². The van der Waals surface area contributed by atoms with Gasteiger partial charge in [-0.3, -0.25) is 0 Å². The summed E-state index contributed by atoms with van der Waals surface area (Å²) in [5, 5.41) is 33.1. The van der Waals surface area contributed by atoms with Gasteiger partial charge in [0, 0.05) is 39.7 Å². The molecule has 0 amide bonds. The van der Waals surface area contributed by atoms with Crippen LogP contribution in [0.3, 0.4) is 0 Å². The molecule has 0 spiro atoms. The first-order chi connectivity index (χ1) is 28.2. The highest BCUT2D eigenvalue weighted by atomic mass is 15.2. The van der Waals surface area contributed by atoms with Crippen molar-refractivity contribution in [3.05, 3.63) is 173 Å². The van der Waals surface area contributed by atoms with Gasteiger partial charge in [-0.15, -0.1) is 0 Å². The number of nitriles is 3. The fraction of sp³-hybridized carbons (Fsp3) is 0.196. The fourth-order valence-electron chi connectivity index (χ4n) is 10.7. The van der Waals surface area contributed by atoms with Crippen LogP contribution in [0.15, 0.2) is 134 Å². The summed E-state index contributed by atoms with van der Waals surface area (Å²) in [6.45, 7) is 0. The standard InChI is InChI=1S/C51H38N6/c52-29-32-22-27-48(42(28-32)41-24-23-33(30-53)43(31-54)49(41)56-45-19-9-4-14-35(45)36-15-5-10-20-46(36)56)57-47-21-11-7-17-38(47)40-26-25-39-37-16-6-8-18-44(37)55(50(39)51(40)57)34-12-2-1-3-13-34/h1-4,6,8-12,14,16,18-28,34,36-37,44,46H,5,7,13,15,17H2/t34?,36?,37?,44-,46?/m1/s1. The van der Waals surface area contributed by atoms with Crippen LogP contribution >= 0.6 is 0 Å². The molecule has 0 N–H and O–H groups in total. The lowest BCUT2D eigenvalue weighted by Gasteiger charge is -2.35. The SMILES string of the molecule is N#Cc1ccc(-n2c3c(c4ccc5c(c42)N(C2C=CC=CC2)[C@@H]2C=CC=CC52)CCC=C3)c(-c2ccc(C#N)c(C#N)c2N2c3ccccc3C3CCC=CC32)c1. The fourth-order valence-corrected chi connectivity index (χ4v) is 10.7. The van der Waals surface area contributed by atoms with Crippen LogP contribution in [0.25, 0.3) is 33.8 Å². The number of allylic oxidation sites excluding steroid dienone is 6. The predicted octanol–water partition coefficient (Wildman–Crippen LogP) is 11.1. The minimum absolute atomic E-state index is 0.0134. The van der Waals surface area contributed by atoms with Crippen molar-refractivity contribution in [2.45, 2.75) is 62.1 Å². The molecule has 0 fully saturated rings. The Morgan fingerprint density at radius 2 is 1.56 bits per heavy atom. The molecule has 272 valence electrons. The van der Waals surface area contributed by atoms with Gasteiger partial charge in [-0.25, -0.2) is 0 Å². The van der Waals surface area contributed by atoms with Crippen molar-refractivity contribution < 1.29 is 0 Å². The minimum atomic E-state index is -0.0134. The van der Waals surface area contributed by atoms with Gasteiger partial charge in [0.05, 0.1) is 63.5 Å². The molecular formula is C51H38N6. The van der Waals surface area contributed by atoms with Crippen LogP contribution in [0.4, 0.5) is 17.1 Å². The maximum Gasteiger partial charge on any atom is 0.103 e. The molecular weight excluding hydrogens is 697 g/mol. The molecule has 4 aromatic carbocycles. The van der Waals surface area contributed by atoms with Crippen molar-refractivity contribution in [2.75, 3.05) is 9.80 Å². The summed E-state index contributed by atoms with van der Waals surface area (Å²) in [7, 11) is 0. The van der Waals surface area contributed by atoms with Gasteiger partial charge in [0.1, 0.15) is 12.1 Å². The van der Waals surface area contributed by atoms with Crippen LogP contribution in [0, 0.1) is 34.0 Å². The molecule has 0 radical (unpaired) electrons. The Bertz CT molecular complexity index is 2870. The smallest absolute Gasteiger partial charge is 0.103 e. The summed E-state index contributed by atoms with van der Waals surface area (Å²) in [5.74, 6) is 0.482. The van der Waals surface area contributed by atoms with Gasteiger partial charge >= 0.3 is 0 Å². The van der Waals surface area contributed by atoms with E-state index in [1.165, 1.54) is 33.3 Å². The highest BCUT2D eigenvalue weighted by Gasteiger charge is 2.43. The van der Waals surface area contributed by atoms with Gasteiger partial charge in [0.15, 0.2) is 0 Å². The highest BCUT2D eigenvalue weighted by Crippen LogP contribution is 2.55. The van der Waals surface area contributed by atoms with E-state index in [0.717, 1.165) is 60.3 Å². The summed E-state index contributed by atoms with van der Waals surface area (Å²) < 4.78 is 2.45. The lowest BCUT2D eigenvalue weighted by Crippen LogP contribution is -2.40. The topological polar surface area (TPSA) is 82.8 Å². The summed E-state index contributed by atoms with van der Waals surface area (Å²) in [6, 6.07) is 30.6. The third-order valence-corrected chi connectivity index (χ3v) is 13.1. The Hall–Kier alpha value is -7.07. The number of fused-ring (bicyclic) bond motifs is 10. The molecule has 0 bridgehead atoms. The second-order valence-electron chi connectivity index (χ2n) is 15.8. The first-order valence-electron chi connectivity index (χ1n) is 20.1. The average Bonchev–Trinajstić information content (AvgIpc) is 3.92. The molecule has 2 aliphatic heterocycles. The molecule has 3 heterocycles. The van der Waals surface area contributed by atoms with E-state index in [1.54, 1.807) is 6.07 Å². The number of hydrogen-bond donors (Lipinski definition) is 0. The monoisotopic (exact) mass is 734 g/mol. The molecule has 4 aliphatic carbocycles. The number of nitrogens with zero attached hydrogens (tertiary/aromatic N) is 6.